The maximum atomic E-state index is 3.72. The molecule has 1 heteroatoms. The second-order valence-electron chi connectivity index (χ2n) is 1.73. The van der Waals surface area contributed by atoms with Crippen LogP contribution in [0, 0.1) is 0 Å². The first-order chi connectivity index (χ1) is 3.77. The molecule has 0 aliphatic heterocycles. The lowest BCUT2D eigenvalue weighted by molar-refractivity contribution is 1.25. The van der Waals surface area contributed by atoms with Crippen molar-refractivity contribution < 1.29 is 0 Å². The van der Waals surface area contributed by atoms with Gasteiger partial charge in [0, 0.05) is 5.33 Å². The predicted molar refractivity (Wildman–Crippen MR) is 42.4 cm³/mol. The molecule has 0 N–H and O–H groups in total. The minimum Gasteiger partial charge on any atom is -0.0961 e. The second kappa shape index (κ2) is 5.10. The summed E-state index contributed by atoms with van der Waals surface area (Å²) in [6, 6.07) is 0. The fraction of sp³-hybridized carbons (Fsp3) is 0.429. The van der Waals surface area contributed by atoms with Gasteiger partial charge in [-0.1, -0.05) is 40.2 Å². The molecule has 0 radical (unpaired) electrons. The molecule has 0 aromatic heterocycles. The summed E-state index contributed by atoms with van der Waals surface area (Å²) in [7, 11) is 0. The minimum atomic E-state index is 1.04. The van der Waals surface area contributed by atoms with E-state index in [0.29, 0.717) is 0 Å². The molecule has 0 spiro atoms. The van der Waals surface area contributed by atoms with Gasteiger partial charge in [-0.05, 0) is 13.3 Å². The zero-order valence-electron chi connectivity index (χ0n) is 5.15. The van der Waals surface area contributed by atoms with Gasteiger partial charge >= 0.3 is 0 Å². The maximum absolute atomic E-state index is 3.72. The average molecular weight is 175 g/mol. The Kier molecular flexibility index (Phi) is 5.08. The lowest BCUT2D eigenvalue weighted by Crippen LogP contribution is -1.65. The summed E-state index contributed by atoms with van der Waals surface area (Å²) in [5.74, 6) is 0. The van der Waals surface area contributed by atoms with E-state index in [1.807, 2.05) is 13.0 Å². The van der Waals surface area contributed by atoms with Crippen LogP contribution in [-0.4, -0.2) is 5.33 Å². The van der Waals surface area contributed by atoms with E-state index in [2.05, 4.69) is 28.6 Å². The molecular formula is C7H11Br. The Bertz CT molecular complexity index is 92.6. The molecule has 46 valence electrons. The second-order valence-corrected chi connectivity index (χ2v) is 2.52. The van der Waals surface area contributed by atoms with Crippen LogP contribution < -0.4 is 0 Å². The third kappa shape index (κ3) is 5.96. The lowest BCUT2D eigenvalue weighted by Gasteiger charge is -1.82. The monoisotopic (exact) mass is 174 g/mol. The first-order valence-corrected chi connectivity index (χ1v) is 3.77. The van der Waals surface area contributed by atoms with E-state index in [9.17, 15) is 0 Å². The molecule has 0 amide bonds. The van der Waals surface area contributed by atoms with Crippen LogP contribution in [0.15, 0.2) is 24.3 Å². The van der Waals surface area contributed by atoms with Gasteiger partial charge in [0.25, 0.3) is 0 Å². The molecule has 0 saturated carbocycles. The van der Waals surface area contributed by atoms with Gasteiger partial charge in [0.05, 0.1) is 0 Å². The van der Waals surface area contributed by atoms with Crippen LogP contribution in [0.25, 0.3) is 0 Å². The van der Waals surface area contributed by atoms with Crippen LogP contribution in [0.3, 0.4) is 0 Å². The molecule has 0 rings (SSSR count). The lowest BCUT2D eigenvalue weighted by atomic mass is 10.3. The summed E-state index contributed by atoms with van der Waals surface area (Å²) in [4.78, 5) is 0. The summed E-state index contributed by atoms with van der Waals surface area (Å²) in [5.41, 5.74) is 1.12. The fourth-order valence-electron chi connectivity index (χ4n) is 0.348. The van der Waals surface area contributed by atoms with Gasteiger partial charge in [-0.15, -0.1) is 0 Å². The van der Waals surface area contributed by atoms with E-state index in [0.717, 1.165) is 17.3 Å². The van der Waals surface area contributed by atoms with Gasteiger partial charge in [-0.2, -0.15) is 0 Å². The van der Waals surface area contributed by atoms with E-state index >= 15 is 0 Å². The molecule has 8 heavy (non-hydrogen) atoms. The molecule has 0 saturated heterocycles. The quantitative estimate of drug-likeness (QED) is 0.457. The fourth-order valence-corrected chi connectivity index (χ4v) is 0.612. The van der Waals surface area contributed by atoms with Crippen molar-refractivity contribution in [3.05, 3.63) is 24.3 Å². The Balaban J connectivity index is 3.20. The average Bonchev–Trinajstić information content (AvgIpc) is 1.66. The van der Waals surface area contributed by atoms with Crippen LogP contribution >= 0.6 is 15.9 Å². The number of rotatable bonds is 3. The standard InChI is InChI=1S/C7H11Br/c1-7(2)5-3-4-6-8/h3,5H,1,4,6H2,2H3/b5-3+. The zero-order chi connectivity index (χ0) is 6.41. The highest BCUT2D eigenvalue weighted by molar-refractivity contribution is 9.09. The number of hydrogen-bond donors (Lipinski definition) is 0. The van der Waals surface area contributed by atoms with Crippen molar-refractivity contribution in [3.63, 3.8) is 0 Å². The minimum absolute atomic E-state index is 1.04. The van der Waals surface area contributed by atoms with E-state index in [1.165, 1.54) is 0 Å². The maximum Gasteiger partial charge on any atom is 0.00660 e. The SMILES string of the molecule is C=C(C)/C=C/CCBr. The third-order valence-corrected chi connectivity index (χ3v) is 1.14. The zero-order valence-corrected chi connectivity index (χ0v) is 6.74. The van der Waals surface area contributed by atoms with Gasteiger partial charge in [0.15, 0.2) is 0 Å². The highest BCUT2D eigenvalue weighted by Gasteiger charge is 1.73. The van der Waals surface area contributed by atoms with Crippen molar-refractivity contribution in [2.75, 3.05) is 5.33 Å². The molecule has 0 aliphatic carbocycles. The summed E-state index contributed by atoms with van der Waals surface area (Å²) >= 11 is 3.32. The molecule has 0 heterocycles. The Morgan fingerprint density at radius 3 is 2.75 bits per heavy atom. The third-order valence-electron chi connectivity index (χ3n) is 0.678. The normalized spacial score (nSPS) is 10.2. The first-order valence-electron chi connectivity index (χ1n) is 2.65. The summed E-state index contributed by atoms with van der Waals surface area (Å²) < 4.78 is 0. The molecule has 0 aromatic rings. The number of allylic oxidation sites excluding steroid dienone is 3. The number of alkyl halides is 1. The summed E-state index contributed by atoms with van der Waals surface area (Å²) in [5, 5.41) is 1.04. The smallest absolute Gasteiger partial charge is 0.00660 e. The highest BCUT2D eigenvalue weighted by atomic mass is 79.9. The van der Waals surface area contributed by atoms with E-state index in [1.54, 1.807) is 0 Å². The molecule has 0 bridgehead atoms. The Hall–Kier alpha value is -0.0400. The molecule has 0 unspecified atom stereocenters. The van der Waals surface area contributed by atoms with Crippen molar-refractivity contribution in [2.24, 2.45) is 0 Å². The van der Waals surface area contributed by atoms with Crippen molar-refractivity contribution in [1.82, 2.24) is 0 Å². The predicted octanol–water partition coefficient (Wildman–Crippen LogP) is 2.90. The Morgan fingerprint density at radius 1 is 1.75 bits per heavy atom. The Morgan fingerprint density at radius 2 is 2.38 bits per heavy atom. The number of halogens is 1. The van der Waals surface area contributed by atoms with Crippen LogP contribution in [0.1, 0.15) is 13.3 Å². The van der Waals surface area contributed by atoms with Gasteiger partial charge < -0.3 is 0 Å². The largest absolute Gasteiger partial charge is 0.0961 e. The van der Waals surface area contributed by atoms with E-state index < -0.39 is 0 Å². The van der Waals surface area contributed by atoms with Crippen molar-refractivity contribution in [2.45, 2.75) is 13.3 Å². The number of hydrogen-bond acceptors (Lipinski definition) is 0. The topological polar surface area (TPSA) is 0 Å². The van der Waals surface area contributed by atoms with Crippen molar-refractivity contribution >= 4 is 15.9 Å². The molecule has 0 fully saturated rings. The summed E-state index contributed by atoms with van der Waals surface area (Å²) in [6.45, 7) is 5.72. The van der Waals surface area contributed by atoms with Gasteiger partial charge in [0.1, 0.15) is 0 Å². The van der Waals surface area contributed by atoms with Crippen LogP contribution in [0.2, 0.25) is 0 Å². The molecule has 0 nitrogen and oxygen atoms in total. The Labute approximate surface area is 59.4 Å². The van der Waals surface area contributed by atoms with E-state index in [4.69, 9.17) is 0 Å². The first kappa shape index (κ1) is 7.96. The van der Waals surface area contributed by atoms with Gasteiger partial charge in [0.2, 0.25) is 0 Å². The van der Waals surface area contributed by atoms with Crippen LogP contribution in [-0.2, 0) is 0 Å². The van der Waals surface area contributed by atoms with Crippen LogP contribution in [0.4, 0.5) is 0 Å². The molecule has 0 aliphatic rings. The summed E-state index contributed by atoms with van der Waals surface area (Å²) in [6.07, 6.45) is 5.23. The van der Waals surface area contributed by atoms with Crippen molar-refractivity contribution in [3.8, 4) is 0 Å². The highest BCUT2D eigenvalue weighted by Crippen LogP contribution is 1.93. The molecule has 0 aromatic carbocycles. The van der Waals surface area contributed by atoms with E-state index in [-0.39, 0.29) is 0 Å². The molecule has 0 atom stereocenters. The van der Waals surface area contributed by atoms with Gasteiger partial charge in [-0.25, -0.2) is 0 Å². The molecular weight excluding hydrogens is 164 g/mol. The van der Waals surface area contributed by atoms with Crippen molar-refractivity contribution in [1.29, 1.82) is 0 Å². The van der Waals surface area contributed by atoms with Gasteiger partial charge in [-0.3, -0.25) is 0 Å². The van der Waals surface area contributed by atoms with Crippen LogP contribution in [0.5, 0.6) is 0 Å².